The Labute approximate surface area is 155 Å². The molecule has 1 N–H and O–H groups in total. The van der Waals surface area contributed by atoms with Crippen molar-refractivity contribution in [2.45, 2.75) is 26.3 Å². The molecule has 2 aromatic heterocycles. The van der Waals surface area contributed by atoms with Crippen molar-refractivity contribution in [1.82, 2.24) is 14.8 Å². The molecule has 138 valence electrons. The van der Waals surface area contributed by atoms with Gasteiger partial charge in [-0.1, -0.05) is 6.07 Å². The van der Waals surface area contributed by atoms with Gasteiger partial charge in [0.25, 0.3) is 11.5 Å². The molecule has 1 amide bonds. The van der Waals surface area contributed by atoms with Gasteiger partial charge < -0.3 is 5.32 Å². The van der Waals surface area contributed by atoms with Gasteiger partial charge in [0.1, 0.15) is 17.2 Å². The van der Waals surface area contributed by atoms with Gasteiger partial charge in [0.05, 0.1) is 5.69 Å². The largest absolute Gasteiger partial charge is 0.309 e. The van der Waals surface area contributed by atoms with Crippen LogP contribution in [0.2, 0.25) is 0 Å². The van der Waals surface area contributed by atoms with Gasteiger partial charge >= 0.3 is 0 Å². The van der Waals surface area contributed by atoms with E-state index in [0.29, 0.717) is 17.1 Å². The number of aryl methyl sites for hydroxylation is 1. The van der Waals surface area contributed by atoms with E-state index >= 15 is 0 Å². The lowest BCUT2D eigenvalue weighted by molar-refractivity contribution is -0.123. The average Bonchev–Trinajstić information content (AvgIpc) is 2.62. The fourth-order valence-electron chi connectivity index (χ4n) is 2.56. The van der Waals surface area contributed by atoms with Crippen molar-refractivity contribution >= 4 is 11.7 Å². The Balaban J connectivity index is 1.95. The van der Waals surface area contributed by atoms with Crippen LogP contribution in [-0.2, 0) is 10.3 Å². The van der Waals surface area contributed by atoms with Gasteiger partial charge in [0.2, 0.25) is 0 Å². The fraction of sp³-hybridized carbons (Fsp3) is 0.200. The summed E-state index contributed by atoms with van der Waals surface area (Å²) in [5.41, 5.74) is 0.182. The van der Waals surface area contributed by atoms with Crippen molar-refractivity contribution in [3.05, 3.63) is 76.5 Å². The lowest BCUT2D eigenvalue weighted by atomic mass is 10.0. The van der Waals surface area contributed by atoms with E-state index in [9.17, 15) is 14.0 Å². The zero-order chi connectivity index (χ0) is 19.6. The average molecular weight is 366 g/mol. The number of carbonyl (C=O) groups is 1. The third-order valence-electron chi connectivity index (χ3n) is 4.16. The Morgan fingerprint density at radius 3 is 2.44 bits per heavy atom. The van der Waals surface area contributed by atoms with E-state index in [0.717, 1.165) is 10.4 Å². The molecule has 0 saturated heterocycles. The summed E-state index contributed by atoms with van der Waals surface area (Å²) >= 11 is 0. The molecule has 6 nitrogen and oxygen atoms in total. The number of rotatable bonds is 4. The second-order valence-electron chi connectivity index (χ2n) is 6.65. The van der Waals surface area contributed by atoms with Gasteiger partial charge in [-0.25, -0.2) is 14.1 Å². The number of hydrogen-bond donors (Lipinski definition) is 1. The van der Waals surface area contributed by atoms with Crippen LogP contribution in [0.1, 0.15) is 19.5 Å². The highest BCUT2D eigenvalue weighted by Crippen LogP contribution is 2.19. The summed E-state index contributed by atoms with van der Waals surface area (Å²) in [5, 5.41) is 7.04. The molecular weight excluding hydrogens is 347 g/mol. The Kier molecular flexibility index (Phi) is 4.85. The van der Waals surface area contributed by atoms with Crippen LogP contribution in [0.4, 0.5) is 10.2 Å². The molecule has 0 radical (unpaired) electrons. The molecule has 2 heterocycles. The molecule has 0 fully saturated rings. The summed E-state index contributed by atoms with van der Waals surface area (Å²) in [6.07, 6.45) is 0. The monoisotopic (exact) mass is 366 g/mol. The first kappa shape index (κ1) is 18.4. The zero-order valence-corrected chi connectivity index (χ0v) is 15.2. The number of hydrogen-bond acceptors (Lipinski definition) is 4. The summed E-state index contributed by atoms with van der Waals surface area (Å²) in [6.45, 7) is 5.01. The van der Waals surface area contributed by atoms with Crippen LogP contribution < -0.4 is 10.9 Å². The quantitative estimate of drug-likeness (QED) is 0.770. The Morgan fingerprint density at radius 2 is 1.78 bits per heavy atom. The van der Waals surface area contributed by atoms with E-state index in [2.05, 4.69) is 15.4 Å². The minimum absolute atomic E-state index is 0.363. The molecule has 0 bridgehead atoms. The van der Waals surface area contributed by atoms with Crippen LogP contribution in [0.5, 0.6) is 0 Å². The van der Waals surface area contributed by atoms with Crippen LogP contribution in [0.3, 0.4) is 0 Å². The van der Waals surface area contributed by atoms with Gasteiger partial charge in [-0.15, -0.1) is 0 Å². The maximum Gasteiger partial charge on any atom is 0.267 e. The van der Waals surface area contributed by atoms with Gasteiger partial charge in [-0.3, -0.25) is 9.59 Å². The molecular formula is C20H19FN4O2. The second kappa shape index (κ2) is 7.11. The molecule has 0 aliphatic carbocycles. The molecule has 1 aromatic carbocycles. The minimum atomic E-state index is -1.27. The number of nitrogens with one attached hydrogen (secondary N) is 1. The number of benzene rings is 1. The predicted octanol–water partition coefficient (Wildman–Crippen LogP) is 3.13. The van der Waals surface area contributed by atoms with Crippen molar-refractivity contribution in [2.24, 2.45) is 0 Å². The number of pyridine rings is 1. The lowest BCUT2D eigenvalue weighted by Crippen LogP contribution is -2.47. The summed E-state index contributed by atoms with van der Waals surface area (Å²) < 4.78 is 14.3. The van der Waals surface area contributed by atoms with Crippen molar-refractivity contribution in [1.29, 1.82) is 0 Å². The third-order valence-corrected chi connectivity index (χ3v) is 4.16. The predicted molar refractivity (Wildman–Crippen MR) is 101 cm³/mol. The molecule has 0 aliphatic heterocycles. The van der Waals surface area contributed by atoms with Crippen LogP contribution in [0.15, 0.2) is 59.4 Å². The van der Waals surface area contributed by atoms with E-state index in [4.69, 9.17) is 0 Å². The van der Waals surface area contributed by atoms with Gasteiger partial charge in [-0.05, 0) is 63.2 Å². The summed E-state index contributed by atoms with van der Waals surface area (Å²) in [6, 6.07) is 13.9. The van der Waals surface area contributed by atoms with Gasteiger partial charge in [-0.2, -0.15) is 5.10 Å². The Morgan fingerprint density at radius 1 is 1.07 bits per heavy atom. The minimum Gasteiger partial charge on any atom is -0.309 e. The van der Waals surface area contributed by atoms with Crippen molar-refractivity contribution in [3.8, 4) is 11.3 Å². The highest BCUT2D eigenvalue weighted by molar-refractivity contribution is 5.95. The molecule has 7 heteroatoms. The third kappa shape index (κ3) is 3.92. The molecule has 3 aromatic rings. The molecule has 0 saturated carbocycles. The topological polar surface area (TPSA) is 76.9 Å². The fourth-order valence-corrected chi connectivity index (χ4v) is 2.56. The molecule has 0 unspecified atom stereocenters. The van der Waals surface area contributed by atoms with Crippen molar-refractivity contribution in [2.75, 3.05) is 5.32 Å². The van der Waals surface area contributed by atoms with Gasteiger partial charge in [0, 0.05) is 17.3 Å². The molecule has 0 atom stereocenters. The maximum absolute atomic E-state index is 13.1. The van der Waals surface area contributed by atoms with Crippen LogP contribution in [0.25, 0.3) is 11.3 Å². The summed E-state index contributed by atoms with van der Waals surface area (Å²) in [4.78, 5) is 29.4. The van der Waals surface area contributed by atoms with Crippen molar-refractivity contribution < 1.29 is 9.18 Å². The zero-order valence-electron chi connectivity index (χ0n) is 15.2. The van der Waals surface area contributed by atoms with Crippen LogP contribution in [0, 0.1) is 12.7 Å². The van der Waals surface area contributed by atoms with E-state index < -0.39 is 17.0 Å². The number of nitrogens with zero attached hydrogens (tertiary/aromatic N) is 3. The molecule has 3 rings (SSSR count). The number of aromatic nitrogens is 3. The molecule has 0 aliphatic rings. The SMILES string of the molecule is Cc1cccc(NC(=O)C(C)(C)n2nc(-c3ccc(F)cc3)ccc2=O)n1. The Hall–Kier alpha value is -3.35. The summed E-state index contributed by atoms with van der Waals surface area (Å²) in [7, 11) is 0. The van der Waals surface area contributed by atoms with E-state index in [1.807, 2.05) is 13.0 Å². The summed E-state index contributed by atoms with van der Waals surface area (Å²) in [5.74, 6) is -0.389. The van der Waals surface area contributed by atoms with Crippen LogP contribution in [-0.4, -0.2) is 20.7 Å². The highest BCUT2D eigenvalue weighted by atomic mass is 19.1. The van der Waals surface area contributed by atoms with Crippen LogP contribution >= 0.6 is 0 Å². The first-order valence-corrected chi connectivity index (χ1v) is 8.39. The molecule has 27 heavy (non-hydrogen) atoms. The highest BCUT2D eigenvalue weighted by Gasteiger charge is 2.32. The van der Waals surface area contributed by atoms with E-state index in [1.54, 1.807) is 44.2 Å². The first-order valence-electron chi connectivity index (χ1n) is 8.39. The van der Waals surface area contributed by atoms with E-state index in [1.165, 1.54) is 18.2 Å². The lowest BCUT2D eigenvalue weighted by Gasteiger charge is -2.25. The second-order valence-corrected chi connectivity index (χ2v) is 6.65. The number of anilines is 1. The number of amides is 1. The molecule has 0 spiro atoms. The normalized spacial score (nSPS) is 11.3. The van der Waals surface area contributed by atoms with E-state index in [-0.39, 0.29) is 5.82 Å². The number of halogens is 1. The standard InChI is InChI=1S/C20H19FN4O2/c1-13-5-4-6-17(22-13)23-19(27)20(2,3)25-18(26)12-11-16(24-25)14-7-9-15(21)10-8-14/h4-12H,1-3H3,(H,22,23,27). The maximum atomic E-state index is 13.1. The smallest absolute Gasteiger partial charge is 0.267 e. The van der Waals surface area contributed by atoms with Crippen molar-refractivity contribution in [3.63, 3.8) is 0 Å². The first-order chi connectivity index (χ1) is 12.8. The number of carbonyl (C=O) groups excluding carboxylic acids is 1. The Bertz CT molecular complexity index is 1040. The van der Waals surface area contributed by atoms with Gasteiger partial charge in [0.15, 0.2) is 0 Å².